The SMILES string of the molecule is NNC(Cc1cc(Cl)cc2c1OCC2)c1ccnnc1. The molecule has 0 saturated heterocycles. The van der Waals surface area contributed by atoms with Gasteiger partial charge in [-0.1, -0.05) is 11.6 Å². The predicted molar refractivity (Wildman–Crippen MR) is 76.5 cm³/mol. The average molecular weight is 291 g/mol. The van der Waals surface area contributed by atoms with Gasteiger partial charge in [0, 0.05) is 17.6 Å². The summed E-state index contributed by atoms with van der Waals surface area (Å²) in [6.45, 7) is 0.709. The van der Waals surface area contributed by atoms with Crippen LogP contribution in [0.2, 0.25) is 5.02 Å². The number of hydrogen-bond acceptors (Lipinski definition) is 5. The molecular weight excluding hydrogens is 276 g/mol. The molecule has 0 aliphatic carbocycles. The number of ether oxygens (including phenoxy) is 1. The number of aromatic nitrogens is 2. The minimum Gasteiger partial charge on any atom is -0.493 e. The third-order valence-corrected chi connectivity index (χ3v) is 3.68. The van der Waals surface area contributed by atoms with Crippen molar-refractivity contribution in [2.24, 2.45) is 5.84 Å². The Labute approximate surface area is 122 Å². The highest BCUT2D eigenvalue weighted by Gasteiger charge is 2.20. The summed E-state index contributed by atoms with van der Waals surface area (Å²) in [5.41, 5.74) is 6.01. The van der Waals surface area contributed by atoms with E-state index in [2.05, 4.69) is 15.6 Å². The first kappa shape index (κ1) is 13.3. The largest absolute Gasteiger partial charge is 0.493 e. The highest BCUT2D eigenvalue weighted by atomic mass is 35.5. The Morgan fingerprint density at radius 3 is 3.05 bits per heavy atom. The summed E-state index contributed by atoms with van der Waals surface area (Å²) in [6, 6.07) is 5.73. The normalized spacial score (nSPS) is 14.7. The lowest BCUT2D eigenvalue weighted by Gasteiger charge is -2.17. The highest BCUT2D eigenvalue weighted by Crippen LogP contribution is 2.35. The van der Waals surface area contributed by atoms with Crippen molar-refractivity contribution in [3.8, 4) is 5.75 Å². The van der Waals surface area contributed by atoms with E-state index in [9.17, 15) is 0 Å². The van der Waals surface area contributed by atoms with Crippen LogP contribution in [0.5, 0.6) is 5.75 Å². The summed E-state index contributed by atoms with van der Waals surface area (Å²) in [6.07, 6.45) is 4.94. The molecule has 1 aliphatic heterocycles. The second kappa shape index (κ2) is 5.75. The number of nitrogens with two attached hydrogens (primary N) is 1. The Hall–Kier alpha value is -1.69. The van der Waals surface area contributed by atoms with Gasteiger partial charge in [0.1, 0.15) is 5.75 Å². The van der Waals surface area contributed by atoms with Crippen LogP contribution in [0, 0.1) is 0 Å². The quantitative estimate of drug-likeness (QED) is 0.664. The Morgan fingerprint density at radius 2 is 2.30 bits per heavy atom. The molecule has 1 aliphatic rings. The third kappa shape index (κ3) is 2.60. The van der Waals surface area contributed by atoms with Gasteiger partial charge in [-0.05, 0) is 41.3 Å². The first-order valence-corrected chi connectivity index (χ1v) is 6.82. The molecule has 104 valence electrons. The van der Waals surface area contributed by atoms with Crippen molar-refractivity contribution in [1.29, 1.82) is 0 Å². The van der Waals surface area contributed by atoms with Gasteiger partial charge in [0.15, 0.2) is 0 Å². The lowest BCUT2D eigenvalue weighted by molar-refractivity contribution is 0.351. The van der Waals surface area contributed by atoms with Gasteiger partial charge in [-0.25, -0.2) is 0 Å². The van der Waals surface area contributed by atoms with Crippen molar-refractivity contribution in [3.63, 3.8) is 0 Å². The Kier molecular flexibility index (Phi) is 3.82. The Morgan fingerprint density at radius 1 is 1.40 bits per heavy atom. The van der Waals surface area contributed by atoms with Gasteiger partial charge in [0.05, 0.1) is 18.8 Å². The molecule has 3 rings (SSSR count). The molecule has 0 saturated carbocycles. The zero-order valence-electron chi connectivity index (χ0n) is 10.8. The number of fused-ring (bicyclic) bond motifs is 1. The van der Waals surface area contributed by atoms with Crippen LogP contribution < -0.4 is 16.0 Å². The van der Waals surface area contributed by atoms with Crippen molar-refractivity contribution in [3.05, 3.63) is 52.3 Å². The van der Waals surface area contributed by atoms with Crippen LogP contribution in [0.3, 0.4) is 0 Å². The Bertz CT molecular complexity index is 606. The van der Waals surface area contributed by atoms with E-state index in [0.29, 0.717) is 13.0 Å². The maximum absolute atomic E-state index is 6.17. The Balaban J connectivity index is 1.91. The van der Waals surface area contributed by atoms with Gasteiger partial charge >= 0.3 is 0 Å². The maximum Gasteiger partial charge on any atom is 0.125 e. The van der Waals surface area contributed by atoms with Crippen LogP contribution in [0.25, 0.3) is 0 Å². The molecule has 1 aromatic carbocycles. The molecule has 0 radical (unpaired) electrons. The highest BCUT2D eigenvalue weighted by molar-refractivity contribution is 6.30. The number of nitrogens with one attached hydrogen (secondary N) is 1. The molecule has 0 spiro atoms. The zero-order valence-corrected chi connectivity index (χ0v) is 11.6. The van der Waals surface area contributed by atoms with Gasteiger partial charge < -0.3 is 4.74 Å². The van der Waals surface area contributed by atoms with Crippen molar-refractivity contribution < 1.29 is 4.74 Å². The van der Waals surface area contributed by atoms with Crippen LogP contribution in [0.15, 0.2) is 30.6 Å². The topological polar surface area (TPSA) is 73.1 Å². The van der Waals surface area contributed by atoms with Gasteiger partial charge in [0.25, 0.3) is 0 Å². The van der Waals surface area contributed by atoms with Crippen LogP contribution in [-0.2, 0) is 12.8 Å². The van der Waals surface area contributed by atoms with Gasteiger partial charge in [0.2, 0.25) is 0 Å². The standard InChI is InChI=1S/C14H15ClN4O/c15-12-5-9-2-4-20-14(9)11(6-12)7-13(19-16)10-1-3-17-18-8-10/h1,3,5-6,8,13,19H,2,4,7,16H2. The summed E-state index contributed by atoms with van der Waals surface area (Å²) in [5.74, 6) is 6.61. The molecule has 1 aromatic heterocycles. The van der Waals surface area contributed by atoms with E-state index in [0.717, 1.165) is 33.9 Å². The molecule has 5 nitrogen and oxygen atoms in total. The summed E-state index contributed by atoms with van der Waals surface area (Å²) in [7, 11) is 0. The van der Waals surface area contributed by atoms with Crippen LogP contribution >= 0.6 is 11.6 Å². The lowest BCUT2D eigenvalue weighted by atomic mass is 9.98. The minimum absolute atomic E-state index is 0.0581. The second-order valence-corrected chi connectivity index (χ2v) is 5.19. The summed E-state index contributed by atoms with van der Waals surface area (Å²) >= 11 is 6.17. The number of hydrazine groups is 1. The van der Waals surface area contributed by atoms with Crippen LogP contribution in [-0.4, -0.2) is 16.8 Å². The predicted octanol–water partition coefficient (Wildman–Crippen LogP) is 1.81. The van der Waals surface area contributed by atoms with Crippen LogP contribution in [0.4, 0.5) is 0 Å². The van der Waals surface area contributed by atoms with E-state index in [1.165, 1.54) is 0 Å². The van der Waals surface area contributed by atoms with E-state index in [-0.39, 0.29) is 6.04 Å². The molecule has 2 aromatic rings. The monoisotopic (exact) mass is 290 g/mol. The fraction of sp³-hybridized carbons (Fsp3) is 0.286. The molecule has 1 unspecified atom stereocenters. The van der Waals surface area contributed by atoms with Gasteiger partial charge in [-0.3, -0.25) is 11.3 Å². The van der Waals surface area contributed by atoms with E-state index < -0.39 is 0 Å². The summed E-state index contributed by atoms with van der Waals surface area (Å²) < 4.78 is 5.71. The van der Waals surface area contributed by atoms with E-state index in [4.69, 9.17) is 22.2 Å². The van der Waals surface area contributed by atoms with E-state index >= 15 is 0 Å². The van der Waals surface area contributed by atoms with Crippen molar-refractivity contribution >= 4 is 11.6 Å². The first-order valence-electron chi connectivity index (χ1n) is 6.44. The third-order valence-electron chi connectivity index (χ3n) is 3.46. The molecule has 20 heavy (non-hydrogen) atoms. The van der Waals surface area contributed by atoms with E-state index in [1.807, 2.05) is 18.2 Å². The molecule has 0 fully saturated rings. The van der Waals surface area contributed by atoms with Gasteiger partial charge in [-0.15, -0.1) is 0 Å². The van der Waals surface area contributed by atoms with Crippen molar-refractivity contribution in [2.75, 3.05) is 6.61 Å². The second-order valence-electron chi connectivity index (χ2n) is 4.75. The fourth-order valence-corrected chi connectivity index (χ4v) is 2.76. The number of benzene rings is 1. The molecule has 6 heteroatoms. The number of hydrogen-bond donors (Lipinski definition) is 2. The fourth-order valence-electron chi connectivity index (χ4n) is 2.50. The molecule has 0 bridgehead atoms. The van der Waals surface area contributed by atoms with Crippen molar-refractivity contribution in [2.45, 2.75) is 18.9 Å². The maximum atomic E-state index is 6.17. The zero-order chi connectivity index (χ0) is 13.9. The molecule has 1 atom stereocenters. The van der Waals surface area contributed by atoms with Crippen molar-refractivity contribution in [1.82, 2.24) is 15.6 Å². The smallest absolute Gasteiger partial charge is 0.125 e. The molecular formula is C14H15ClN4O. The van der Waals surface area contributed by atoms with Crippen LogP contribution in [0.1, 0.15) is 22.7 Å². The lowest BCUT2D eigenvalue weighted by Crippen LogP contribution is -2.29. The summed E-state index contributed by atoms with van der Waals surface area (Å²) in [4.78, 5) is 0. The van der Waals surface area contributed by atoms with E-state index in [1.54, 1.807) is 12.4 Å². The average Bonchev–Trinajstić information content (AvgIpc) is 2.93. The minimum atomic E-state index is -0.0581. The first-order chi connectivity index (χ1) is 9.78. The summed E-state index contributed by atoms with van der Waals surface area (Å²) in [5, 5.41) is 8.39. The molecule has 3 N–H and O–H groups in total. The molecule has 0 amide bonds. The number of halogens is 1. The molecule has 2 heterocycles. The van der Waals surface area contributed by atoms with Gasteiger partial charge in [-0.2, -0.15) is 10.2 Å². The number of nitrogens with zero attached hydrogens (tertiary/aromatic N) is 2. The number of rotatable bonds is 4.